The zero-order valence-corrected chi connectivity index (χ0v) is 20.9. The molecule has 3 aromatic rings. The molecule has 1 aliphatic carbocycles. The number of non-ortho nitro benzene ring substituents is 1. The lowest BCUT2D eigenvalue weighted by molar-refractivity contribution is -0.384. The Labute approximate surface area is 213 Å². The van der Waals surface area contributed by atoms with Crippen molar-refractivity contribution in [3.63, 3.8) is 0 Å². The molecule has 1 aliphatic rings. The Morgan fingerprint density at radius 2 is 1.49 bits per heavy atom. The summed E-state index contributed by atoms with van der Waals surface area (Å²) in [4.78, 5) is 35.3. The van der Waals surface area contributed by atoms with E-state index in [0.717, 1.165) is 46.5 Å². The summed E-state index contributed by atoms with van der Waals surface area (Å²) in [5, 5.41) is 13.3. The molecule has 0 spiro atoms. The molecule has 3 aromatic carbocycles. The summed E-state index contributed by atoms with van der Waals surface area (Å²) in [6.07, 6.45) is -0.858. The van der Waals surface area contributed by atoms with Gasteiger partial charge in [-0.15, -0.1) is 0 Å². The molecule has 11 heteroatoms. The fourth-order valence-electron chi connectivity index (χ4n) is 4.30. The number of ether oxygens (including phenoxy) is 1. The van der Waals surface area contributed by atoms with Crippen LogP contribution < -0.4 is 10.0 Å². The highest BCUT2D eigenvalue weighted by molar-refractivity contribution is 7.90. The van der Waals surface area contributed by atoms with E-state index in [-0.39, 0.29) is 23.1 Å². The molecule has 2 N–H and O–H groups in total. The summed E-state index contributed by atoms with van der Waals surface area (Å²) >= 11 is 0. The van der Waals surface area contributed by atoms with Crippen molar-refractivity contribution in [2.75, 3.05) is 6.61 Å². The summed E-state index contributed by atoms with van der Waals surface area (Å²) in [6, 6.07) is 18.6. The first-order valence-corrected chi connectivity index (χ1v) is 13.0. The number of nitrogens with zero attached hydrogens (tertiary/aromatic N) is 1. The van der Waals surface area contributed by atoms with Gasteiger partial charge in [-0.25, -0.2) is 17.9 Å². The molecule has 0 radical (unpaired) electrons. The largest absolute Gasteiger partial charge is 0.449 e. The Hall–Kier alpha value is -4.25. The number of hydrogen-bond acceptors (Lipinski definition) is 7. The minimum atomic E-state index is -4.32. The smallest absolute Gasteiger partial charge is 0.407 e. The summed E-state index contributed by atoms with van der Waals surface area (Å²) in [5.41, 5.74) is 3.92. The Balaban J connectivity index is 1.42. The van der Waals surface area contributed by atoms with E-state index in [2.05, 4.69) is 5.32 Å². The Morgan fingerprint density at radius 1 is 0.946 bits per heavy atom. The number of nitro benzene ring substituents is 1. The molecule has 1 atom stereocenters. The van der Waals surface area contributed by atoms with E-state index in [1.54, 1.807) is 13.8 Å². The van der Waals surface area contributed by atoms with E-state index < -0.39 is 38.9 Å². The van der Waals surface area contributed by atoms with Crippen molar-refractivity contribution in [2.24, 2.45) is 5.92 Å². The van der Waals surface area contributed by atoms with Crippen LogP contribution in [0.25, 0.3) is 11.1 Å². The number of amides is 2. The van der Waals surface area contributed by atoms with E-state index in [1.807, 2.05) is 53.3 Å². The number of alkyl carbamates (subject to hydrolysis) is 1. The van der Waals surface area contributed by atoms with Gasteiger partial charge in [0.25, 0.3) is 21.6 Å². The molecular weight excluding hydrogens is 498 g/mol. The van der Waals surface area contributed by atoms with Crippen LogP contribution in [0, 0.1) is 16.0 Å². The fourth-order valence-corrected chi connectivity index (χ4v) is 5.31. The van der Waals surface area contributed by atoms with Crippen LogP contribution in [0.1, 0.15) is 30.9 Å². The zero-order valence-electron chi connectivity index (χ0n) is 20.1. The predicted molar refractivity (Wildman–Crippen MR) is 135 cm³/mol. The van der Waals surface area contributed by atoms with Gasteiger partial charge >= 0.3 is 6.09 Å². The molecule has 0 bridgehead atoms. The lowest BCUT2D eigenvalue weighted by atomic mass is 9.98. The molecule has 0 aromatic heterocycles. The molecule has 10 nitrogen and oxygen atoms in total. The van der Waals surface area contributed by atoms with Crippen LogP contribution in [-0.2, 0) is 19.6 Å². The summed E-state index contributed by atoms with van der Waals surface area (Å²) in [7, 11) is -4.32. The molecule has 0 saturated carbocycles. The number of carbonyl (C=O) groups is 2. The first kappa shape index (κ1) is 25.8. The number of nitrogens with one attached hydrogen (secondary N) is 2. The Kier molecular flexibility index (Phi) is 7.25. The van der Waals surface area contributed by atoms with Crippen LogP contribution in [0.2, 0.25) is 0 Å². The maximum Gasteiger partial charge on any atom is 0.407 e. The molecule has 0 heterocycles. The second-order valence-electron chi connectivity index (χ2n) is 8.91. The van der Waals surface area contributed by atoms with Gasteiger partial charge in [0.15, 0.2) is 0 Å². The maximum absolute atomic E-state index is 12.8. The van der Waals surface area contributed by atoms with Gasteiger partial charge in [0.2, 0.25) is 0 Å². The van der Waals surface area contributed by atoms with Crippen molar-refractivity contribution >= 4 is 27.7 Å². The number of carbonyl (C=O) groups excluding carboxylic acids is 2. The van der Waals surface area contributed by atoms with Gasteiger partial charge in [0.1, 0.15) is 12.6 Å². The Morgan fingerprint density at radius 3 is 2.00 bits per heavy atom. The van der Waals surface area contributed by atoms with Crippen molar-refractivity contribution < 1.29 is 27.7 Å². The van der Waals surface area contributed by atoms with E-state index in [0.29, 0.717) is 0 Å². The second kappa shape index (κ2) is 10.4. The molecule has 2 amide bonds. The minimum Gasteiger partial charge on any atom is -0.449 e. The third-order valence-electron chi connectivity index (χ3n) is 6.16. The van der Waals surface area contributed by atoms with Crippen molar-refractivity contribution in [3.05, 3.63) is 94.0 Å². The van der Waals surface area contributed by atoms with Crippen LogP contribution in [0.4, 0.5) is 10.5 Å². The number of rotatable bonds is 8. The van der Waals surface area contributed by atoms with Gasteiger partial charge in [-0.3, -0.25) is 14.9 Å². The predicted octanol–water partition coefficient (Wildman–Crippen LogP) is 3.96. The van der Waals surface area contributed by atoms with E-state index >= 15 is 0 Å². The monoisotopic (exact) mass is 523 g/mol. The van der Waals surface area contributed by atoms with E-state index in [1.165, 1.54) is 0 Å². The molecule has 4 rings (SSSR count). The lowest BCUT2D eigenvalue weighted by Crippen LogP contribution is -2.51. The third kappa shape index (κ3) is 5.46. The molecule has 0 unspecified atom stereocenters. The Bertz CT molecular complexity index is 1410. The minimum absolute atomic E-state index is 0.0351. The standard InChI is InChI=1S/C26H25N3O7S/c1-16(2)24(25(30)28-37(34,35)18-13-11-17(12-14-18)29(32)33)27-26(31)36-15-23-21-9-5-3-7-19(21)20-8-4-6-10-22(20)23/h3-14,16,23-24H,15H2,1-2H3,(H,27,31)(H,28,30)/t24-/m0/s1. The normalized spacial score (nSPS) is 13.4. The lowest BCUT2D eigenvalue weighted by Gasteiger charge is -2.22. The second-order valence-corrected chi connectivity index (χ2v) is 10.6. The molecule has 0 aliphatic heterocycles. The number of benzene rings is 3. The van der Waals surface area contributed by atoms with Gasteiger partial charge in [-0.05, 0) is 40.3 Å². The van der Waals surface area contributed by atoms with Crippen LogP contribution in [0.3, 0.4) is 0 Å². The number of nitro groups is 1. The van der Waals surface area contributed by atoms with E-state index in [4.69, 9.17) is 4.74 Å². The number of fused-ring (bicyclic) bond motifs is 3. The number of hydrogen-bond donors (Lipinski definition) is 2. The van der Waals surface area contributed by atoms with Crippen LogP contribution in [0.15, 0.2) is 77.7 Å². The van der Waals surface area contributed by atoms with Crippen LogP contribution in [0.5, 0.6) is 0 Å². The quantitative estimate of drug-likeness (QED) is 0.336. The SMILES string of the molecule is CC(C)[C@H](NC(=O)OCC1c2ccccc2-c2ccccc21)C(=O)NS(=O)(=O)c1ccc([N+](=O)[O-])cc1. The molecule has 37 heavy (non-hydrogen) atoms. The maximum atomic E-state index is 12.8. The zero-order chi connectivity index (χ0) is 26.7. The first-order valence-electron chi connectivity index (χ1n) is 11.5. The fraction of sp³-hybridized carbons (Fsp3) is 0.231. The average Bonchev–Trinajstić information content (AvgIpc) is 3.19. The molecule has 192 valence electrons. The summed E-state index contributed by atoms with van der Waals surface area (Å²) in [5.74, 6) is -1.60. The van der Waals surface area contributed by atoms with Gasteiger partial charge in [-0.2, -0.15) is 0 Å². The van der Waals surface area contributed by atoms with Crippen molar-refractivity contribution in [2.45, 2.75) is 30.7 Å². The van der Waals surface area contributed by atoms with Gasteiger partial charge in [0, 0.05) is 18.1 Å². The third-order valence-corrected chi connectivity index (χ3v) is 7.52. The van der Waals surface area contributed by atoms with Crippen LogP contribution in [-0.4, -0.2) is 38.0 Å². The van der Waals surface area contributed by atoms with Crippen LogP contribution >= 0.6 is 0 Å². The average molecular weight is 524 g/mol. The van der Waals surface area contributed by atoms with Crippen molar-refractivity contribution in [3.8, 4) is 11.1 Å². The molecular formula is C26H25N3O7S. The highest BCUT2D eigenvalue weighted by atomic mass is 32.2. The highest BCUT2D eigenvalue weighted by Crippen LogP contribution is 2.44. The summed E-state index contributed by atoms with van der Waals surface area (Å²) in [6.45, 7) is 3.33. The van der Waals surface area contributed by atoms with Gasteiger partial charge in [-0.1, -0.05) is 62.4 Å². The first-order chi connectivity index (χ1) is 17.6. The topological polar surface area (TPSA) is 145 Å². The van der Waals surface area contributed by atoms with Gasteiger partial charge < -0.3 is 10.1 Å². The highest BCUT2D eigenvalue weighted by Gasteiger charge is 2.32. The molecule has 0 saturated heterocycles. The van der Waals surface area contributed by atoms with Gasteiger partial charge in [0.05, 0.1) is 9.82 Å². The van der Waals surface area contributed by atoms with Crippen molar-refractivity contribution in [1.29, 1.82) is 0 Å². The molecule has 0 fully saturated rings. The summed E-state index contributed by atoms with van der Waals surface area (Å²) < 4.78 is 32.7. The van der Waals surface area contributed by atoms with Crippen molar-refractivity contribution in [1.82, 2.24) is 10.0 Å². The number of sulfonamides is 1. The van der Waals surface area contributed by atoms with E-state index in [9.17, 15) is 28.1 Å².